The molecule has 0 aliphatic rings. The summed E-state index contributed by atoms with van der Waals surface area (Å²) in [4.78, 5) is 11.0. The van der Waals surface area contributed by atoms with Gasteiger partial charge < -0.3 is 10.5 Å². The molecular formula is C9H10FNO2. The summed E-state index contributed by atoms with van der Waals surface area (Å²) >= 11 is 0. The largest absolute Gasteiger partial charge is 0.494 e. The molecule has 0 aliphatic heterocycles. The van der Waals surface area contributed by atoms with Gasteiger partial charge in [-0.1, -0.05) is 0 Å². The van der Waals surface area contributed by atoms with Crippen LogP contribution in [-0.2, 0) is 0 Å². The van der Waals surface area contributed by atoms with Gasteiger partial charge in [-0.25, -0.2) is 4.39 Å². The lowest BCUT2D eigenvalue weighted by molar-refractivity contribution is 0.101. The van der Waals surface area contributed by atoms with Crippen LogP contribution in [0.5, 0.6) is 5.75 Å². The molecule has 1 aromatic carbocycles. The highest BCUT2D eigenvalue weighted by Crippen LogP contribution is 2.28. The number of methoxy groups -OCH3 is 1. The van der Waals surface area contributed by atoms with E-state index in [4.69, 9.17) is 10.5 Å². The van der Waals surface area contributed by atoms with E-state index in [1.807, 2.05) is 0 Å². The number of carbonyl (C=O) groups is 1. The summed E-state index contributed by atoms with van der Waals surface area (Å²) in [7, 11) is 1.34. The van der Waals surface area contributed by atoms with Crippen LogP contribution in [0.3, 0.4) is 0 Å². The Morgan fingerprint density at radius 1 is 1.54 bits per heavy atom. The van der Waals surface area contributed by atoms with Crippen molar-refractivity contribution in [1.29, 1.82) is 0 Å². The van der Waals surface area contributed by atoms with Crippen molar-refractivity contribution in [2.75, 3.05) is 12.8 Å². The van der Waals surface area contributed by atoms with Gasteiger partial charge in [0, 0.05) is 0 Å². The van der Waals surface area contributed by atoms with Crippen LogP contribution in [0.4, 0.5) is 10.1 Å². The first-order chi connectivity index (χ1) is 6.07. The summed E-state index contributed by atoms with van der Waals surface area (Å²) in [6.45, 7) is 1.37. The molecule has 0 spiro atoms. The second kappa shape index (κ2) is 3.43. The van der Waals surface area contributed by atoms with Crippen LogP contribution in [0.1, 0.15) is 17.3 Å². The van der Waals surface area contributed by atoms with Gasteiger partial charge in [-0.2, -0.15) is 0 Å². The first kappa shape index (κ1) is 9.51. The third-order valence-corrected chi connectivity index (χ3v) is 1.73. The minimum atomic E-state index is -0.582. The van der Waals surface area contributed by atoms with Crippen molar-refractivity contribution >= 4 is 11.5 Å². The Hall–Kier alpha value is -1.58. The van der Waals surface area contributed by atoms with Gasteiger partial charge in [-0.15, -0.1) is 0 Å². The molecule has 2 N–H and O–H groups in total. The SMILES string of the molecule is COc1c(C(C)=O)ccc(F)c1N. The first-order valence-corrected chi connectivity index (χ1v) is 3.70. The number of hydrogen-bond donors (Lipinski definition) is 1. The van der Waals surface area contributed by atoms with E-state index in [-0.39, 0.29) is 17.2 Å². The smallest absolute Gasteiger partial charge is 0.163 e. The number of nitrogens with two attached hydrogens (primary N) is 1. The van der Waals surface area contributed by atoms with Crippen LogP contribution in [0, 0.1) is 5.82 Å². The lowest BCUT2D eigenvalue weighted by atomic mass is 10.1. The van der Waals surface area contributed by atoms with E-state index in [1.165, 1.54) is 20.1 Å². The zero-order valence-corrected chi connectivity index (χ0v) is 7.43. The number of carbonyl (C=O) groups excluding carboxylic acids is 1. The van der Waals surface area contributed by atoms with E-state index in [0.717, 1.165) is 6.07 Å². The van der Waals surface area contributed by atoms with E-state index in [2.05, 4.69) is 0 Å². The van der Waals surface area contributed by atoms with Gasteiger partial charge in [-0.05, 0) is 19.1 Å². The van der Waals surface area contributed by atoms with Gasteiger partial charge in [0.2, 0.25) is 0 Å². The van der Waals surface area contributed by atoms with E-state index in [1.54, 1.807) is 0 Å². The minimum Gasteiger partial charge on any atom is -0.494 e. The van der Waals surface area contributed by atoms with Gasteiger partial charge in [0.25, 0.3) is 0 Å². The van der Waals surface area contributed by atoms with Gasteiger partial charge in [0.05, 0.1) is 12.7 Å². The maximum Gasteiger partial charge on any atom is 0.163 e. The molecule has 0 saturated heterocycles. The summed E-state index contributed by atoms with van der Waals surface area (Å²) in [6.07, 6.45) is 0. The second-order valence-electron chi connectivity index (χ2n) is 2.60. The molecule has 70 valence electrons. The van der Waals surface area contributed by atoms with Crippen molar-refractivity contribution in [3.63, 3.8) is 0 Å². The molecule has 0 radical (unpaired) electrons. The standard InChI is InChI=1S/C9H10FNO2/c1-5(12)6-3-4-7(10)8(11)9(6)13-2/h3-4H,11H2,1-2H3. The molecule has 1 rings (SSSR count). The molecule has 13 heavy (non-hydrogen) atoms. The van der Waals surface area contributed by atoms with Crippen molar-refractivity contribution in [3.05, 3.63) is 23.5 Å². The number of ketones is 1. The molecule has 1 aromatic rings. The van der Waals surface area contributed by atoms with Crippen molar-refractivity contribution < 1.29 is 13.9 Å². The maximum absolute atomic E-state index is 12.9. The molecule has 0 bridgehead atoms. The fraction of sp³-hybridized carbons (Fsp3) is 0.222. The summed E-state index contributed by atoms with van der Waals surface area (Å²) in [5, 5.41) is 0. The molecule has 0 amide bonds. The molecule has 0 aliphatic carbocycles. The average molecular weight is 183 g/mol. The number of rotatable bonds is 2. The number of Topliss-reactive ketones (excluding diaryl/α,β-unsaturated/α-hetero) is 1. The molecule has 0 fully saturated rings. The third kappa shape index (κ3) is 1.61. The van der Waals surface area contributed by atoms with Crippen LogP contribution in [0.2, 0.25) is 0 Å². The fourth-order valence-electron chi connectivity index (χ4n) is 1.07. The molecular weight excluding hydrogens is 173 g/mol. The number of halogens is 1. The lowest BCUT2D eigenvalue weighted by Crippen LogP contribution is -2.03. The second-order valence-corrected chi connectivity index (χ2v) is 2.60. The Labute approximate surface area is 75.3 Å². The van der Waals surface area contributed by atoms with Crippen LogP contribution in [0.25, 0.3) is 0 Å². The molecule has 0 unspecified atom stereocenters. The number of nitrogen functional groups attached to an aromatic ring is 1. The first-order valence-electron chi connectivity index (χ1n) is 3.70. The van der Waals surface area contributed by atoms with Crippen molar-refractivity contribution in [1.82, 2.24) is 0 Å². The summed E-state index contributed by atoms with van der Waals surface area (Å²) < 4.78 is 17.7. The van der Waals surface area contributed by atoms with Gasteiger partial charge in [-0.3, -0.25) is 4.79 Å². The Kier molecular flexibility index (Phi) is 2.51. The van der Waals surface area contributed by atoms with Crippen LogP contribution >= 0.6 is 0 Å². The quantitative estimate of drug-likeness (QED) is 0.560. The van der Waals surface area contributed by atoms with Crippen LogP contribution in [-0.4, -0.2) is 12.9 Å². The number of anilines is 1. The highest BCUT2D eigenvalue weighted by Gasteiger charge is 2.13. The molecule has 0 aromatic heterocycles. The van der Waals surface area contributed by atoms with Crippen LogP contribution in [0.15, 0.2) is 12.1 Å². The van der Waals surface area contributed by atoms with Crippen molar-refractivity contribution in [3.8, 4) is 5.75 Å². The predicted octanol–water partition coefficient (Wildman–Crippen LogP) is 1.62. The lowest BCUT2D eigenvalue weighted by Gasteiger charge is -2.08. The summed E-state index contributed by atoms with van der Waals surface area (Å²) in [5.41, 5.74) is 5.54. The molecule has 0 atom stereocenters. The average Bonchev–Trinajstić information content (AvgIpc) is 2.09. The van der Waals surface area contributed by atoms with Crippen molar-refractivity contribution in [2.24, 2.45) is 0 Å². The molecule has 3 nitrogen and oxygen atoms in total. The third-order valence-electron chi connectivity index (χ3n) is 1.73. The van der Waals surface area contributed by atoms with E-state index < -0.39 is 5.82 Å². The topological polar surface area (TPSA) is 52.3 Å². The zero-order valence-electron chi connectivity index (χ0n) is 7.43. The molecule has 4 heteroatoms. The Balaban J connectivity index is 3.38. The van der Waals surface area contributed by atoms with E-state index in [0.29, 0.717) is 5.56 Å². The van der Waals surface area contributed by atoms with E-state index >= 15 is 0 Å². The predicted molar refractivity (Wildman–Crippen MR) is 47.4 cm³/mol. The fourth-order valence-corrected chi connectivity index (χ4v) is 1.07. The maximum atomic E-state index is 12.9. The number of benzene rings is 1. The Morgan fingerprint density at radius 3 is 2.62 bits per heavy atom. The number of hydrogen-bond acceptors (Lipinski definition) is 3. The highest BCUT2D eigenvalue weighted by atomic mass is 19.1. The van der Waals surface area contributed by atoms with Crippen molar-refractivity contribution in [2.45, 2.75) is 6.92 Å². The van der Waals surface area contributed by atoms with Gasteiger partial charge in [0.15, 0.2) is 11.5 Å². The summed E-state index contributed by atoms with van der Waals surface area (Å²) in [6, 6.07) is 2.50. The number of ether oxygens (including phenoxy) is 1. The minimum absolute atomic E-state index is 0.104. The Morgan fingerprint density at radius 2 is 2.15 bits per heavy atom. The Bertz CT molecular complexity index is 350. The normalized spacial score (nSPS) is 9.77. The molecule has 0 heterocycles. The molecule has 0 saturated carbocycles. The van der Waals surface area contributed by atoms with Gasteiger partial charge in [0.1, 0.15) is 11.5 Å². The monoisotopic (exact) mass is 183 g/mol. The summed E-state index contributed by atoms with van der Waals surface area (Å²) in [5.74, 6) is -0.682. The zero-order chi connectivity index (χ0) is 10.0. The highest BCUT2D eigenvalue weighted by molar-refractivity contribution is 5.98. The van der Waals surface area contributed by atoms with Crippen LogP contribution < -0.4 is 10.5 Å². The van der Waals surface area contributed by atoms with Gasteiger partial charge >= 0.3 is 0 Å². The van der Waals surface area contributed by atoms with E-state index in [9.17, 15) is 9.18 Å².